The Kier molecular flexibility index (Phi) is 5.40. The van der Waals surface area contributed by atoms with Crippen LogP contribution in [0.5, 0.6) is 0 Å². The second-order valence-electron chi connectivity index (χ2n) is 8.43. The number of benzene rings is 2. The first-order valence-electron chi connectivity index (χ1n) is 10.8. The van der Waals surface area contributed by atoms with Crippen LogP contribution in [0.3, 0.4) is 0 Å². The molecular formula is C24H22N4O7. The van der Waals surface area contributed by atoms with Gasteiger partial charge in [0.2, 0.25) is 0 Å². The molecule has 1 amide bonds. The number of oxazole rings is 1. The summed E-state index contributed by atoms with van der Waals surface area (Å²) in [5.74, 6) is -0.867. The number of nitrogens with zero attached hydrogens (tertiary/aromatic N) is 4. The number of hydrogen-bond donors (Lipinski definition) is 2. The van der Waals surface area contributed by atoms with Gasteiger partial charge >= 0.3 is 17.8 Å². The molecule has 2 N–H and O–H groups in total. The summed E-state index contributed by atoms with van der Waals surface area (Å²) in [5, 5.41) is 24.9. The second-order valence-corrected chi connectivity index (χ2v) is 8.43. The molecule has 0 aliphatic carbocycles. The highest BCUT2D eigenvalue weighted by molar-refractivity contribution is 5.94. The van der Waals surface area contributed by atoms with Crippen molar-refractivity contribution in [1.82, 2.24) is 19.2 Å². The minimum absolute atomic E-state index is 0.00438. The molecule has 1 aliphatic rings. The molecule has 180 valence electrons. The number of carboxylic acid groups (broad SMARTS) is 1. The number of rotatable bonds is 6. The molecule has 2 aromatic carbocycles. The maximum Gasteiger partial charge on any atom is 0.419 e. The molecule has 11 heteroatoms. The van der Waals surface area contributed by atoms with Crippen LogP contribution in [-0.4, -0.2) is 48.1 Å². The molecule has 11 nitrogen and oxygen atoms in total. The summed E-state index contributed by atoms with van der Waals surface area (Å²) in [5.41, 5.74) is 4.79. The first-order valence-corrected chi connectivity index (χ1v) is 10.8. The summed E-state index contributed by atoms with van der Waals surface area (Å²) in [6, 6.07) is 8.39. The van der Waals surface area contributed by atoms with Gasteiger partial charge in [0, 0.05) is 24.4 Å². The number of aromatic nitrogens is 3. The fraction of sp³-hybridized carbons (Fsp3) is 0.250. The van der Waals surface area contributed by atoms with Gasteiger partial charge in [0.1, 0.15) is 6.61 Å². The smallest absolute Gasteiger partial charge is 0.419 e. The molecule has 2 aromatic heterocycles. The Morgan fingerprint density at radius 1 is 1.26 bits per heavy atom. The second kappa shape index (κ2) is 8.44. The van der Waals surface area contributed by atoms with Crippen molar-refractivity contribution in [3.05, 3.63) is 81.1 Å². The number of aliphatic hydroxyl groups is 1. The van der Waals surface area contributed by atoms with E-state index < -0.39 is 23.9 Å². The first-order chi connectivity index (χ1) is 16.7. The lowest BCUT2D eigenvalue weighted by molar-refractivity contribution is 0.0534. The highest BCUT2D eigenvalue weighted by atomic mass is 16.5. The zero-order valence-electron chi connectivity index (χ0n) is 19.0. The topological polar surface area (TPSA) is 140 Å². The Morgan fingerprint density at radius 3 is 2.83 bits per heavy atom. The van der Waals surface area contributed by atoms with Gasteiger partial charge in [-0.05, 0) is 42.3 Å². The molecule has 0 saturated carbocycles. The molecule has 35 heavy (non-hydrogen) atoms. The van der Waals surface area contributed by atoms with E-state index in [-0.39, 0.29) is 19.7 Å². The van der Waals surface area contributed by atoms with Crippen molar-refractivity contribution in [3.8, 4) is 5.69 Å². The van der Waals surface area contributed by atoms with Crippen molar-refractivity contribution < 1.29 is 29.0 Å². The van der Waals surface area contributed by atoms with Crippen LogP contribution in [0, 0.1) is 6.92 Å². The van der Waals surface area contributed by atoms with E-state index in [1.54, 1.807) is 61.4 Å². The van der Waals surface area contributed by atoms with Gasteiger partial charge in [-0.1, -0.05) is 6.07 Å². The van der Waals surface area contributed by atoms with Crippen molar-refractivity contribution in [2.45, 2.75) is 26.2 Å². The van der Waals surface area contributed by atoms with Gasteiger partial charge in [-0.3, -0.25) is 4.57 Å². The van der Waals surface area contributed by atoms with Gasteiger partial charge in [0.15, 0.2) is 5.58 Å². The largest absolute Gasteiger partial charge is 0.465 e. The molecule has 1 atom stereocenters. The van der Waals surface area contributed by atoms with Crippen LogP contribution in [0.2, 0.25) is 0 Å². The monoisotopic (exact) mass is 478 g/mol. The molecular weight excluding hydrogens is 456 g/mol. The summed E-state index contributed by atoms with van der Waals surface area (Å²) in [7, 11) is 1.61. The van der Waals surface area contributed by atoms with Gasteiger partial charge in [0.05, 0.1) is 42.2 Å². The van der Waals surface area contributed by atoms with Gasteiger partial charge in [-0.15, -0.1) is 0 Å². The van der Waals surface area contributed by atoms with Crippen LogP contribution in [0.1, 0.15) is 38.7 Å². The Morgan fingerprint density at radius 2 is 2.06 bits per heavy atom. The Labute approximate surface area is 198 Å². The maximum atomic E-state index is 11.9. The molecule has 0 saturated heterocycles. The summed E-state index contributed by atoms with van der Waals surface area (Å²) in [6.45, 7) is 1.75. The van der Waals surface area contributed by atoms with Crippen molar-refractivity contribution in [1.29, 1.82) is 0 Å². The Bertz CT molecular complexity index is 1530. The van der Waals surface area contributed by atoms with E-state index in [0.29, 0.717) is 44.6 Å². The standard InChI is InChI=1S/C24H22N4O7/c1-13-16(4-5-17-18(13)12-34-22(17)30)20(29)11-27(23(31)32)9-14-8-25-28(10-14)15-3-6-21-19(7-15)26(2)24(33)35-21/h3-8,10,20,29H,9,11-12H2,1-2H3,(H,31,32). The van der Waals surface area contributed by atoms with Crippen LogP contribution in [-0.2, 0) is 24.9 Å². The molecule has 0 radical (unpaired) electrons. The third-order valence-corrected chi connectivity index (χ3v) is 6.28. The average Bonchev–Trinajstić information content (AvgIpc) is 3.52. The van der Waals surface area contributed by atoms with Crippen LogP contribution in [0.15, 0.2) is 51.9 Å². The Hall–Kier alpha value is -4.38. The molecule has 0 bridgehead atoms. The van der Waals surface area contributed by atoms with E-state index in [0.717, 1.165) is 4.90 Å². The number of esters is 1. The molecule has 1 unspecified atom stereocenters. The van der Waals surface area contributed by atoms with Gasteiger partial charge in [-0.25, -0.2) is 19.1 Å². The highest BCUT2D eigenvalue weighted by Crippen LogP contribution is 2.29. The molecule has 5 rings (SSSR count). The molecule has 0 spiro atoms. The molecule has 3 heterocycles. The first kappa shape index (κ1) is 22.4. The van der Waals surface area contributed by atoms with Crippen LogP contribution >= 0.6 is 0 Å². The Balaban J connectivity index is 1.35. The quantitative estimate of drug-likeness (QED) is 0.403. The zero-order valence-corrected chi connectivity index (χ0v) is 19.0. The van der Waals surface area contributed by atoms with E-state index in [4.69, 9.17) is 9.15 Å². The number of amides is 1. The maximum absolute atomic E-state index is 11.9. The zero-order chi connectivity index (χ0) is 24.9. The predicted octanol–water partition coefficient (Wildman–Crippen LogP) is 2.51. The SMILES string of the molecule is Cc1c(C(O)CN(Cc2cnn(-c3ccc4oc(=O)n(C)c4c3)c2)C(=O)O)ccc2c1COC2=O. The number of carbonyl (C=O) groups is 2. The lowest BCUT2D eigenvalue weighted by Crippen LogP contribution is -2.33. The molecule has 0 fully saturated rings. The van der Waals surface area contributed by atoms with Crippen molar-refractivity contribution >= 4 is 23.2 Å². The van der Waals surface area contributed by atoms with Crippen LogP contribution in [0.4, 0.5) is 4.79 Å². The van der Waals surface area contributed by atoms with Gasteiger partial charge < -0.3 is 24.3 Å². The molecule has 4 aromatic rings. The highest BCUT2D eigenvalue weighted by Gasteiger charge is 2.27. The van der Waals surface area contributed by atoms with E-state index >= 15 is 0 Å². The summed E-state index contributed by atoms with van der Waals surface area (Å²) < 4.78 is 13.2. The van der Waals surface area contributed by atoms with Crippen molar-refractivity contribution in [3.63, 3.8) is 0 Å². The lowest BCUT2D eigenvalue weighted by Gasteiger charge is -2.23. The fourth-order valence-electron chi connectivity index (χ4n) is 4.31. The minimum Gasteiger partial charge on any atom is -0.465 e. The van der Waals surface area contributed by atoms with E-state index in [1.165, 1.54) is 4.57 Å². The third-order valence-electron chi connectivity index (χ3n) is 6.28. The van der Waals surface area contributed by atoms with Crippen molar-refractivity contribution in [2.24, 2.45) is 7.05 Å². The van der Waals surface area contributed by atoms with E-state index in [2.05, 4.69) is 5.10 Å². The van der Waals surface area contributed by atoms with Gasteiger partial charge in [0.25, 0.3) is 0 Å². The summed E-state index contributed by atoms with van der Waals surface area (Å²) in [6.07, 6.45) is 0.950. The van der Waals surface area contributed by atoms with Crippen LogP contribution < -0.4 is 5.76 Å². The molecule has 1 aliphatic heterocycles. The van der Waals surface area contributed by atoms with E-state index in [1.807, 2.05) is 0 Å². The van der Waals surface area contributed by atoms with Crippen LogP contribution in [0.25, 0.3) is 16.8 Å². The van der Waals surface area contributed by atoms with Gasteiger partial charge in [-0.2, -0.15) is 5.10 Å². The average molecular weight is 478 g/mol. The number of ether oxygens (including phenoxy) is 1. The number of cyclic esters (lactones) is 1. The summed E-state index contributed by atoms with van der Waals surface area (Å²) in [4.78, 5) is 36.5. The minimum atomic E-state index is -1.19. The number of carbonyl (C=O) groups excluding carboxylic acids is 1. The number of aliphatic hydroxyl groups excluding tert-OH is 1. The number of hydrogen-bond acceptors (Lipinski definition) is 7. The number of aryl methyl sites for hydroxylation is 1. The number of fused-ring (bicyclic) bond motifs is 2. The third kappa shape index (κ3) is 3.95. The normalized spacial score (nSPS) is 13.6. The predicted molar refractivity (Wildman–Crippen MR) is 122 cm³/mol. The lowest BCUT2D eigenvalue weighted by atomic mass is 9.95. The summed E-state index contributed by atoms with van der Waals surface area (Å²) >= 11 is 0. The fourth-order valence-corrected chi connectivity index (χ4v) is 4.31. The van der Waals surface area contributed by atoms with E-state index in [9.17, 15) is 24.6 Å². The van der Waals surface area contributed by atoms with Crippen molar-refractivity contribution in [2.75, 3.05) is 6.54 Å².